The van der Waals surface area contributed by atoms with E-state index in [9.17, 15) is 12.9 Å². The number of para-hydroxylation sites is 1. The molecule has 0 radical (unpaired) electrons. The van der Waals surface area contributed by atoms with E-state index < -0.39 is 12.4 Å². The molecule has 0 atom stereocenters. The van der Waals surface area contributed by atoms with Crippen molar-refractivity contribution in [2.75, 3.05) is 6.61 Å². The summed E-state index contributed by atoms with van der Waals surface area (Å²) in [6.45, 7) is -0.639. The van der Waals surface area contributed by atoms with Gasteiger partial charge < -0.3 is 17.7 Å². The third kappa shape index (κ3) is 3.98. The van der Waals surface area contributed by atoms with E-state index in [1.807, 2.05) is 13.8 Å². The Morgan fingerprint density at radius 2 is 1.71 bits per heavy atom. The van der Waals surface area contributed by atoms with Gasteiger partial charge >= 0.3 is 6.98 Å². The molecule has 1 rings (SSSR count). The number of halogens is 3. The minimum atomic E-state index is -5.00. The molecule has 0 aliphatic carbocycles. The smallest absolute Gasteiger partial charge is 0.496 e. The molecule has 0 bridgehead atoms. The first kappa shape index (κ1) is 13.9. The Hall–Kier alpha value is -1.13. The molecule has 0 heterocycles. The van der Waals surface area contributed by atoms with Crippen molar-refractivity contribution in [3.8, 4) is 5.75 Å². The molecule has 1 nitrogen and oxygen atoms in total. The van der Waals surface area contributed by atoms with Crippen LogP contribution < -0.4 is 10.2 Å². The summed E-state index contributed by atoms with van der Waals surface area (Å²) in [5.74, 6) is 0.260. The second-order valence-electron chi connectivity index (χ2n) is 4.11. The van der Waals surface area contributed by atoms with Gasteiger partial charge in [0.1, 0.15) is 0 Å². The molecule has 17 heavy (non-hydrogen) atoms. The highest BCUT2D eigenvalue weighted by Gasteiger charge is 2.28. The molecule has 0 N–H and O–H groups in total. The summed E-state index contributed by atoms with van der Waals surface area (Å²) in [5.41, 5.74) is -0.640. The molecular weight excluding hydrogens is 228 g/mol. The molecule has 0 aliphatic rings. The lowest BCUT2D eigenvalue weighted by Crippen LogP contribution is -2.35. The fourth-order valence-corrected chi connectivity index (χ4v) is 1.61. The fourth-order valence-electron chi connectivity index (χ4n) is 1.61. The normalized spacial score (nSPS) is 11.9. The Kier molecular flexibility index (Phi) is 4.91. The van der Waals surface area contributed by atoms with Gasteiger partial charge in [-0.3, -0.25) is 0 Å². The maximum atomic E-state index is 12.7. The molecule has 0 unspecified atom stereocenters. The van der Waals surface area contributed by atoms with Crippen LogP contribution in [0.4, 0.5) is 12.9 Å². The second-order valence-corrected chi connectivity index (χ2v) is 4.11. The minimum absolute atomic E-state index is 0.0492. The molecule has 0 spiro atoms. The van der Waals surface area contributed by atoms with E-state index >= 15 is 0 Å². The van der Waals surface area contributed by atoms with Crippen LogP contribution in [0.1, 0.15) is 26.7 Å². The monoisotopic (exact) mass is 245 g/mol. The molecule has 1 aromatic carbocycles. The van der Waals surface area contributed by atoms with E-state index in [4.69, 9.17) is 4.74 Å². The van der Waals surface area contributed by atoms with Crippen LogP contribution in [0.3, 0.4) is 0 Å². The van der Waals surface area contributed by atoms with Gasteiger partial charge in [0.15, 0.2) is 0 Å². The van der Waals surface area contributed by atoms with E-state index in [0.717, 1.165) is 18.9 Å². The highest BCUT2D eigenvalue weighted by molar-refractivity contribution is 6.74. The molecule has 0 aromatic heterocycles. The van der Waals surface area contributed by atoms with Gasteiger partial charge in [-0.25, -0.2) is 0 Å². The maximum Gasteiger partial charge on any atom is 0.513 e. The lowest BCUT2D eigenvalue weighted by Gasteiger charge is -2.21. The largest absolute Gasteiger partial charge is 0.513 e. The lowest BCUT2D eigenvalue weighted by atomic mass is 9.79. The van der Waals surface area contributed by atoms with Crippen molar-refractivity contribution in [3.05, 3.63) is 24.3 Å². The van der Waals surface area contributed by atoms with Crippen LogP contribution in [0.5, 0.6) is 5.75 Å². The second kappa shape index (κ2) is 5.98. The van der Waals surface area contributed by atoms with Gasteiger partial charge in [0, 0.05) is 0 Å². The van der Waals surface area contributed by atoms with Gasteiger partial charge in [0.2, 0.25) is 0 Å². The SMILES string of the molecule is CCC(CC)COc1ccccc1[B-](F)(F)F. The summed E-state index contributed by atoms with van der Waals surface area (Å²) in [6.07, 6.45) is 1.83. The first-order chi connectivity index (χ1) is 7.99. The Morgan fingerprint density at radius 1 is 1.12 bits per heavy atom. The predicted octanol–water partition coefficient (Wildman–Crippen LogP) is 3.56. The van der Waals surface area contributed by atoms with E-state index in [0.29, 0.717) is 12.5 Å². The number of hydrogen-bond donors (Lipinski definition) is 0. The number of benzene rings is 1. The first-order valence-corrected chi connectivity index (χ1v) is 5.90. The van der Waals surface area contributed by atoms with Crippen molar-refractivity contribution in [1.82, 2.24) is 0 Å². The average Bonchev–Trinajstić information content (AvgIpc) is 2.29. The Bertz CT molecular complexity index is 348. The molecule has 0 saturated carbocycles. The zero-order valence-electron chi connectivity index (χ0n) is 10.1. The zero-order valence-corrected chi connectivity index (χ0v) is 10.1. The molecule has 5 heteroatoms. The standard InChI is InChI=1S/C12H17BF3O/c1-3-10(4-2)9-17-12-8-6-5-7-11(12)13(14,15)16/h5-8,10H,3-4,9H2,1-2H3/q-1. The van der Waals surface area contributed by atoms with Gasteiger partial charge in [-0.05, 0) is 12.0 Å². The lowest BCUT2D eigenvalue weighted by molar-refractivity contribution is 0.241. The number of ether oxygens (including phenoxy) is 1. The summed E-state index contributed by atoms with van der Waals surface area (Å²) >= 11 is 0. The zero-order chi connectivity index (χ0) is 12.9. The van der Waals surface area contributed by atoms with Crippen LogP contribution in [0.2, 0.25) is 0 Å². The van der Waals surface area contributed by atoms with Gasteiger partial charge in [0.25, 0.3) is 0 Å². The van der Waals surface area contributed by atoms with E-state index in [2.05, 4.69) is 0 Å². The van der Waals surface area contributed by atoms with Gasteiger partial charge in [-0.1, -0.05) is 50.4 Å². The average molecular weight is 245 g/mol. The highest BCUT2D eigenvalue weighted by Crippen LogP contribution is 2.19. The van der Waals surface area contributed by atoms with Crippen molar-refractivity contribution < 1.29 is 17.7 Å². The molecular formula is C12H17BF3O-. The van der Waals surface area contributed by atoms with E-state index in [1.54, 1.807) is 6.07 Å². The van der Waals surface area contributed by atoms with E-state index in [-0.39, 0.29) is 5.75 Å². The van der Waals surface area contributed by atoms with Crippen LogP contribution >= 0.6 is 0 Å². The van der Waals surface area contributed by atoms with Gasteiger partial charge in [-0.15, -0.1) is 0 Å². The van der Waals surface area contributed by atoms with Crippen LogP contribution in [-0.4, -0.2) is 13.6 Å². The number of hydrogen-bond acceptors (Lipinski definition) is 1. The summed E-state index contributed by atoms with van der Waals surface area (Å²) in [6, 6.07) is 5.40. The van der Waals surface area contributed by atoms with Crippen molar-refractivity contribution in [2.45, 2.75) is 26.7 Å². The first-order valence-electron chi connectivity index (χ1n) is 5.90. The van der Waals surface area contributed by atoms with Crippen molar-refractivity contribution >= 4 is 12.4 Å². The third-order valence-electron chi connectivity index (χ3n) is 2.90. The van der Waals surface area contributed by atoms with Gasteiger partial charge in [0.05, 0.1) is 12.4 Å². The van der Waals surface area contributed by atoms with Crippen LogP contribution in [0.25, 0.3) is 0 Å². The Balaban J connectivity index is 2.77. The third-order valence-corrected chi connectivity index (χ3v) is 2.90. The van der Waals surface area contributed by atoms with E-state index in [1.165, 1.54) is 12.1 Å². The summed E-state index contributed by atoms with van der Waals surface area (Å²) in [7, 11) is 0. The Morgan fingerprint density at radius 3 is 2.24 bits per heavy atom. The molecule has 1 aromatic rings. The maximum absolute atomic E-state index is 12.7. The fraction of sp³-hybridized carbons (Fsp3) is 0.500. The quantitative estimate of drug-likeness (QED) is 0.696. The topological polar surface area (TPSA) is 9.23 Å². The molecule has 96 valence electrons. The molecule has 0 amide bonds. The predicted molar refractivity (Wildman–Crippen MR) is 64.7 cm³/mol. The van der Waals surface area contributed by atoms with Crippen molar-refractivity contribution in [2.24, 2.45) is 5.92 Å². The molecule has 0 saturated heterocycles. The Labute approximate surface area is 100 Å². The van der Waals surface area contributed by atoms with Crippen LogP contribution in [0, 0.1) is 5.92 Å². The van der Waals surface area contributed by atoms with Gasteiger partial charge in [-0.2, -0.15) is 0 Å². The van der Waals surface area contributed by atoms with Crippen molar-refractivity contribution in [3.63, 3.8) is 0 Å². The molecule has 0 aliphatic heterocycles. The molecule has 0 fully saturated rings. The summed E-state index contributed by atoms with van der Waals surface area (Å²) < 4.78 is 43.5. The summed E-state index contributed by atoms with van der Waals surface area (Å²) in [5, 5.41) is 0. The van der Waals surface area contributed by atoms with Crippen LogP contribution in [0.15, 0.2) is 24.3 Å². The summed E-state index contributed by atoms with van der Waals surface area (Å²) in [4.78, 5) is 0. The van der Waals surface area contributed by atoms with Crippen LogP contribution in [-0.2, 0) is 0 Å². The highest BCUT2D eigenvalue weighted by atomic mass is 19.4. The van der Waals surface area contributed by atoms with Crippen molar-refractivity contribution in [1.29, 1.82) is 0 Å². The minimum Gasteiger partial charge on any atom is -0.496 e. The number of rotatable bonds is 6.